The molecule has 0 aliphatic carbocycles. The number of nitrogens with zero attached hydrogens (tertiary/aromatic N) is 1. The molecule has 0 aromatic rings. The van der Waals surface area contributed by atoms with Gasteiger partial charge in [0, 0.05) is 18.5 Å². The Morgan fingerprint density at radius 2 is 1.92 bits per heavy atom. The van der Waals surface area contributed by atoms with E-state index in [1.165, 1.54) is 0 Å². The Hall–Kier alpha value is -0.570. The zero-order chi connectivity index (χ0) is 10.5. The highest BCUT2D eigenvalue weighted by atomic mass is 16.1. The van der Waals surface area contributed by atoms with E-state index in [1.807, 2.05) is 34.9 Å². The van der Waals surface area contributed by atoms with Crippen LogP contribution in [0.15, 0.2) is 0 Å². The van der Waals surface area contributed by atoms with Crippen LogP contribution in [0, 0.1) is 0 Å². The number of likely N-dealkylation sites (N-methyl/N-ethyl adjacent to an activating group) is 1. The lowest BCUT2D eigenvalue weighted by atomic mass is 10.0. The molecule has 78 valence electrons. The van der Waals surface area contributed by atoms with Crippen molar-refractivity contribution in [3.05, 3.63) is 0 Å². The Kier molecular flexibility index (Phi) is 4.99. The Morgan fingerprint density at radius 1 is 1.38 bits per heavy atom. The summed E-state index contributed by atoms with van der Waals surface area (Å²) in [7, 11) is 4.02. The molecule has 13 heavy (non-hydrogen) atoms. The van der Waals surface area contributed by atoms with Gasteiger partial charge in [-0.3, -0.25) is 4.79 Å². The molecule has 3 nitrogen and oxygen atoms in total. The summed E-state index contributed by atoms with van der Waals surface area (Å²) in [6, 6.07) is 0. The Balaban J connectivity index is 3.93. The Labute approximate surface area is 81.5 Å². The lowest BCUT2D eigenvalue weighted by Crippen LogP contribution is -2.49. The molecule has 0 saturated carbocycles. The SMILES string of the molecule is CCCC(=O)NC(C)(C)CN(C)C. The second kappa shape index (κ2) is 5.22. The van der Waals surface area contributed by atoms with Gasteiger partial charge in [0.15, 0.2) is 0 Å². The Bertz CT molecular complexity index is 164. The fourth-order valence-electron chi connectivity index (χ4n) is 1.50. The molecule has 0 aromatic carbocycles. The number of hydrogen-bond acceptors (Lipinski definition) is 2. The third-order valence-corrected chi connectivity index (χ3v) is 1.67. The van der Waals surface area contributed by atoms with E-state index in [0.29, 0.717) is 6.42 Å². The molecule has 0 atom stereocenters. The highest BCUT2D eigenvalue weighted by molar-refractivity contribution is 5.76. The first-order valence-electron chi connectivity index (χ1n) is 4.83. The topological polar surface area (TPSA) is 32.3 Å². The summed E-state index contributed by atoms with van der Waals surface area (Å²) in [6.07, 6.45) is 1.53. The van der Waals surface area contributed by atoms with Gasteiger partial charge in [0.1, 0.15) is 0 Å². The number of hydrogen-bond donors (Lipinski definition) is 1. The van der Waals surface area contributed by atoms with Crippen LogP contribution in [0.5, 0.6) is 0 Å². The van der Waals surface area contributed by atoms with E-state index < -0.39 is 0 Å². The fraction of sp³-hybridized carbons (Fsp3) is 0.900. The van der Waals surface area contributed by atoms with Crippen LogP contribution in [0.4, 0.5) is 0 Å². The van der Waals surface area contributed by atoms with Crippen molar-refractivity contribution in [2.24, 2.45) is 0 Å². The van der Waals surface area contributed by atoms with E-state index in [9.17, 15) is 4.79 Å². The molecule has 0 fully saturated rings. The van der Waals surface area contributed by atoms with Crippen molar-refractivity contribution >= 4 is 5.91 Å². The lowest BCUT2D eigenvalue weighted by molar-refractivity contribution is -0.122. The summed E-state index contributed by atoms with van der Waals surface area (Å²) in [5.74, 6) is 0.148. The van der Waals surface area contributed by atoms with Crippen LogP contribution >= 0.6 is 0 Å². The van der Waals surface area contributed by atoms with E-state index in [4.69, 9.17) is 0 Å². The molecule has 0 unspecified atom stereocenters. The molecule has 0 aliphatic rings. The first-order valence-corrected chi connectivity index (χ1v) is 4.83. The van der Waals surface area contributed by atoms with Gasteiger partial charge in [0.25, 0.3) is 0 Å². The summed E-state index contributed by atoms with van der Waals surface area (Å²) in [4.78, 5) is 13.4. The molecule has 0 radical (unpaired) electrons. The maximum absolute atomic E-state index is 11.3. The van der Waals surface area contributed by atoms with Gasteiger partial charge in [-0.15, -0.1) is 0 Å². The second-order valence-electron chi connectivity index (χ2n) is 4.42. The fourth-order valence-corrected chi connectivity index (χ4v) is 1.50. The van der Waals surface area contributed by atoms with Crippen molar-refractivity contribution in [1.82, 2.24) is 10.2 Å². The summed E-state index contributed by atoms with van der Waals surface area (Å²) in [5.41, 5.74) is -0.129. The number of nitrogens with one attached hydrogen (secondary N) is 1. The van der Waals surface area contributed by atoms with Crippen LogP contribution in [0.25, 0.3) is 0 Å². The third kappa shape index (κ3) is 6.58. The average molecular weight is 186 g/mol. The smallest absolute Gasteiger partial charge is 0.220 e. The highest BCUT2D eigenvalue weighted by Gasteiger charge is 2.20. The van der Waals surface area contributed by atoms with Gasteiger partial charge in [-0.05, 0) is 34.4 Å². The van der Waals surface area contributed by atoms with Gasteiger partial charge in [-0.25, -0.2) is 0 Å². The zero-order valence-electron chi connectivity index (χ0n) is 9.48. The van der Waals surface area contributed by atoms with E-state index in [1.54, 1.807) is 0 Å². The quantitative estimate of drug-likeness (QED) is 0.700. The van der Waals surface area contributed by atoms with Crippen molar-refractivity contribution in [3.63, 3.8) is 0 Å². The van der Waals surface area contributed by atoms with Gasteiger partial charge in [-0.1, -0.05) is 6.92 Å². The summed E-state index contributed by atoms with van der Waals surface area (Å²) >= 11 is 0. The lowest BCUT2D eigenvalue weighted by Gasteiger charge is -2.29. The molecule has 0 rings (SSSR count). The first kappa shape index (κ1) is 12.4. The molecule has 0 bridgehead atoms. The van der Waals surface area contributed by atoms with Gasteiger partial charge in [0.2, 0.25) is 5.91 Å². The predicted molar refractivity (Wildman–Crippen MR) is 55.7 cm³/mol. The van der Waals surface area contributed by atoms with Crippen molar-refractivity contribution in [2.45, 2.75) is 39.2 Å². The third-order valence-electron chi connectivity index (χ3n) is 1.67. The van der Waals surface area contributed by atoms with Gasteiger partial charge < -0.3 is 10.2 Å². The normalized spacial score (nSPS) is 11.8. The van der Waals surface area contributed by atoms with Crippen LogP contribution in [0.3, 0.4) is 0 Å². The van der Waals surface area contributed by atoms with Crippen LogP contribution in [-0.2, 0) is 4.79 Å². The maximum atomic E-state index is 11.3. The molecule has 1 amide bonds. The van der Waals surface area contributed by atoms with Crippen LogP contribution in [-0.4, -0.2) is 37.0 Å². The zero-order valence-corrected chi connectivity index (χ0v) is 9.48. The van der Waals surface area contributed by atoms with Crippen LogP contribution in [0.1, 0.15) is 33.6 Å². The van der Waals surface area contributed by atoms with Crippen molar-refractivity contribution in [3.8, 4) is 0 Å². The predicted octanol–water partition coefficient (Wildman–Crippen LogP) is 1.24. The molecule has 1 N–H and O–H groups in total. The molecule has 0 spiro atoms. The second-order valence-corrected chi connectivity index (χ2v) is 4.42. The number of rotatable bonds is 5. The molecule has 3 heteroatoms. The number of carbonyl (C=O) groups excluding carboxylic acids is 1. The average Bonchev–Trinajstić information content (AvgIpc) is 1.81. The highest BCUT2D eigenvalue weighted by Crippen LogP contribution is 2.04. The molecule has 0 aromatic heterocycles. The van der Waals surface area contributed by atoms with E-state index in [2.05, 4.69) is 10.2 Å². The first-order chi connectivity index (χ1) is 5.87. The largest absolute Gasteiger partial charge is 0.350 e. The van der Waals surface area contributed by atoms with Gasteiger partial charge in [-0.2, -0.15) is 0 Å². The minimum Gasteiger partial charge on any atom is -0.350 e. The van der Waals surface area contributed by atoms with E-state index >= 15 is 0 Å². The Morgan fingerprint density at radius 3 is 2.31 bits per heavy atom. The number of amides is 1. The molecule has 0 heterocycles. The minimum atomic E-state index is -0.129. The van der Waals surface area contributed by atoms with Crippen molar-refractivity contribution in [2.75, 3.05) is 20.6 Å². The van der Waals surface area contributed by atoms with Gasteiger partial charge >= 0.3 is 0 Å². The van der Waals surface area contributed by atoms with Crippen molar-refractivity contribution in [1.29, 1.82) is 0 Å². The van der Waals surface area contributed by atoms with Crippen molar-refractivity contribution < 1.29 is 4.79 Å². The monoisotopic (exact) mass is 186 g/mol. The molecule has 0 aliphatic heterocycles. The summed E-state index contributed by atoms with van der Waals surface area (Å²) in [6.45, 7) is 6.96. The summed E-state index contributed by atoms with van der Waals surface area (Å²) < 4.78 is 0. The molecule has 0 saturated heterocycles. The summed E-state index contributed by atoms with van der Waals surface area (Å²) in [5, 5.41) is 3.01. The minimum absolute atomic E-state index is 0.129. The molecular formula is C10H22N2O. The molecular weight excluding hydrogens is 164 g/mol. The standard InChI is InChI=1S/C10H22N2O/c1-6-7-9(13)11-10(2,3)8-12(4)5/h6-8H2,1-5H3,(H,11,13). The number of carbonyl (C=O) groups is 1. The van der Waals surface area contributed by atoms with Crippen LogP contribution < -0.4 is 5.32 Å². The van der Waals surface area contributed by atoms with Crippen LogP contribution in [0.2, 0.25) is 0 Å². The van der Waals surface area contributed by atoms with E-state index in [-0.39, 0.29) is 11.4 Å². The van der Waals surface area contributed by atoms with Gasteiger partial charge in [0.05, 0.1) is 0 Å². The van der Waals surface area contributed by atoms with E-state index in [0.717, 1.165) is 13.0 Å². The maximum Gasteiger partial charge on any atom is 0.220 e.